The van der Waals surface area contributed by atoms with E-state index in [0.717, 1.165) is 19.3 Å². The second kappa shape index (κ2) is 6.51. The van der Waals surface area contributed by atoms with Gasteiger partial charge >= 0.3 is 6.03 Å². The van der Waals surface area contributed by atoms with Crippen molar-refractivity contribution in [3.05, 3.63) is 35.4 Å². The molecule has 27 heavy (non-hydrogen) atoms. The van der Waals surface area contributed by atoms with Gasteiger partial charge in [0.1, 0.15) is 0 Å². The summed E-state index contributed by atoms with van der Waals surface area (Å²) in [5.74, 6) is 0.686. The van der Waals surface area contributed by atoms with E-state index in [9.17, 15) is 9.59 Å². The number of hydrogen-bond donors (Lipinski definition) is 1. The van der Waals surface area contributed by atoms with Gasteiger partial charge in [0.2, 0.25) is 5.91 Å². The minimum Gasteiger partial charge on any atom is -0.340 e. The number of fused-ring (bicyclic) bond motifs is 1. The molecular formula is C21H30N4O2. The van der Waals surface area contributed by atoms with E-state index in [-0.39, 0.29) is 23.9 Å². The van der Waals surface area contributed by atoms with Crippen LogP contribution in [0.15, 0.2) is 24.3 Å². The molecule has 0 bridgehead atoms. The molecule has 1 aliphatic carbocycles. The van der Waals surface area contributed by atoms with E-state index in [0.29, 0.717) is 25.6 Å². The normalized spacial score (nSPS) is 28.7. The molecule has 3 amide bonds. The van der Waals surface area contributed by atoms with Crippen LogP contribution in [0.1, 0.15) is 36.4 Å². The first-order chi connectivity index (χ1) is 12.8. The molecule has 0 unspecified atom stereocenters. The van der Waals surface area contributed by atoms with Gasteiger partial charge in [-0.1, -0.05) is 24.3 Å². The van der Waals surface area contributed by atoms with Gasteiger partial charge in [-0.25, -0.2) is 4.79 Å². The Morgan fingerprint density at radius 2 is 1.85 bits per heavy atom. The van der Waals surface area contributed by atoms with Gasteiger partial charge in [-0.2, -0.15) is 0 Å². The summed E-state index contributed by atoms with van der Waals surface area (Å²) in [5.41, 5.74) is 8.04. The Balaban J connectivity index is 1.62. The average Bonchev–Trinajstić information content (AvgIpc) is 3.16. The van der Waals surface area contributed by atoms with Crippen molar-refractivity contribution in [1.82, 2.24) is 14.7 Å². The molecule has 2 heterocycles. The van der Waals surface area contributed by atoms with Crippen LogP contribution < -0.4 is 5.73 Å². The van der Waals surface area contributed by atoms with Crippen molar-refractivity contribution in [3.63, 3.8) is 0 Å². The fourth-order valence-corrected chi connectivity index (χ4v) is 5.07. The molecule has 3 fully saturated rings. The van der Waals surface area contributed by atoms with Crippen LogP contribution in [0.5, 0.6) is 0 Å². The predicted molar refractivity (Wildman–Crippen MR) is 104 cm³/mol. The maximum atomic E-state index is 12.9. The lowest BCUT2D eigenvalue weighted by Crippen LogP contribution is -2.59. The first-order valence-electron chi connectivity index (χ1n) is 9.93. The quantitative estimate of drug-likeness (QED) is 0.865. The molecule has 146 valence electrons. The van der Waals surface area contributed by atoms with Crippen molar-refractivity contribution < 1.29 is 9.59 Å². The number of urea groups is 1. The smallest absolute Gasteiger partial charge is 0.320 e. The Bertz CT molecular complexity index is 758. The summed E-state index contributed by atoms with van der Waals surface area (Å²) in [5, 5.41) is 0. The molecule has 6 nitrogen and oxygen atoms in total. The molecule has 2 saturated heterocycles. The molecule has 3 atom stereocenters. The average molecular weight is 370 g/mol. The number of hydrogen-bond acceptors (Lipinski definition) is 3. The minimum atomic E-state index is -0.643. The van der Waals surface area contributed by atoms with E-state index in [1.165, 1.54) is 11.1 Å². The highest BCUT2D eigenvalue weighted by molar-refractivity contribution is 5.87. The molecule has 4 rings (SSSR count). The number of aryl methyl sites for hydroxylation is 1. The third kappa shape index (κ3) is 2.90. The van der Waals surface area contributed by atoms with Crippen molar-refractivity contribution in [2.45, 2.75) is 37.8 Å². The number of carbonyl (C=O) groups is 2. The molecule has 2 aliphatic heterocycles. The molecule has 6 heteroatoms. The summed E-state index contributed by atoms with van der Waals surface area (Å²) in [6.45, 7) is 4.20. The Labute approximate surface area is 161 Å². The summed E-state index contributed by atoms with van der Waals surface area (Å²) in [7, 11) is 3.60. The van der Waals surface area contributed by atoms with Crippen LogP contribution in [0.4, 0.5) is 4.79 Å². The number of nitrogens with zero attached hydrogens (tertiary/aromatic N) is 3. The first kappa shape index (κ1) is 18.3. The number of carbonyl (C=O) groups excluding carboxylic acids is 2. The minimum absolute atomic E-state index is 0.0130. The van der Waals surface area contributed by atoms with Gasteiger partial charge in [0.15, 0.2) is 0 Å². The van der Waals surface area contributed by atoms with E-state index < -0.39 is 5.54 Å². The standard InChI is InChI=1S/C21H30N4O2/c1-14-7-4-5-8-16(14)18-17-13-24(19(26)21(22)9-6-10-21)11-15(17)12-25(18)20(27)23(2)3/h4-5,7-8,15,17-18H,6,9-13,22H2,1-3H3/t15-,17-,18+/m1/s1. The summed E-state index contributed by atoms with van der Waals surface area (Å²) >= 11 is 0. The Morgan fingerprint density at radius 1 is 1.15 bits per heavy atom. The molecule has 1 aromatic rings. The third-order valence-corrected chi connectivity index (χ3v) is 6.76. The number of nitrogens with two attached hydrogens (primary N) is 1. The highest BCUT2D eigenvalue weighted by atomic mass is 16.2. The number of amides is 3. The lowest BCUT2D eigenvalue weighted by molar-refractivity contribution is -0.139. The highest BCUT2D eigenvalue weighted by Gasteiger charge is 2.53. The van der Waals surface area contributed by atoms with Gasteiger partial charge in [0, 0.05) is 45.6 Å². The van der Waals surface area contributed by atoms with Crippen LogP contribution in [0.3, 0.4) is 0 Å². The summed E-state index contributed by atoms with van der Waals surface area (Å²) in [4.78, 5) is 31.4. The van der Waals surface area contributed by atoms with E-state index >= 15 is 0 Å². The SMILES string of the molecule is Cc1ccccc1[C@H]1[C@@H]2CN(C(=O)C3(N)CCC3)C[C@@H]2CN1C(=O)N(C)C. The zero-order valence-electron chi connectivity index (χ0n) is 16.5. The summed E-state index contributed by atoms with van der Waals surface area (Å²) in [6.07, 6.45) is 2.63. The van der Waals surface area contributed by atoms with Gasteiger partial charge < -0.3 is 20.4 Å². The van der Waals surface area contributed by atoms with Gasteiger partial charge in [-0.05, 0) is 37.3 Å². The van der Waals surface area contributed by atoms with Crippen molar-refractivity contribution in [1.29, 1.82) is 0 Å². The summed E-state index contributed by atoms with van der Waals surface area (Å²) in [6, 6.07) is 8.35. The van der Waals surface area contributed by atoms with E-state index in [1.54, 1.807) is 19.0 Å². The van der Waals surface area contributed by atoms with E-state index in [2.05, 4.69) is 19.1 Å². The second-order valence-corrected chi connectivity index (χ2v) is 8.77. The highest BCUT2D eigenvalue weighted by Crippen LogP contribution is 2.47. The first-order valence-corrected chi connectivity index (χ1v) is 9.93. The van der Waals surface area contributed by atoms with Gasteiger partial charge in [0.05, 0.1) is 11.6 Å². The maximum absolute atomic E-state index is 12.9. The van der Waals surface area contributed by atoms with Crippen molar-refractivity contribution >= 4 is 11.9 Å². The Hall–Kier alpha value is -2.08. The topological polar surface area (TPSA) is 69.9 Å². The van der Waals surface area contributed by atoms with Crippen LogP contribution in [0.2, 0.25) is 0 Å². The zero-order chi connectivity index (χ0) is 19.3. The van der Waals surface area contributed by atoms with E-state index in [4.69, 9.17) is 5.73 Å². The number of likely N-dealkylation sites (tertiary alicyclic amines) is 2. The van der Waals surface area contributed by atoms with Crippen LogP contribution in [-0.4, -0.2) is 65.9 Å². The maximum Gasteiger partial charge on any atom is 0.320 e. The van der Waals surface area contributed by atoms with Crippen LogP contribution in [-0.2, 0) is 4.79 Å². The molecule has 0 aromatic heterocycles. The Kier molecular flexibility index (Phi) is 4.41. The zero-order valence-corrected chi connectivity index (χ0v) is 16.5. The molecule has 1 aromatic carbocycles. The molecule has 2 N–H and O–H groups in total. The molecule has 3 aliphatic rings. The van der Waals surface area contributed by atoms with Crippen LogP contribution in [0, 0.1) is 18.8 Å². The van der Waals surface area contributed by atoms with Crippen molar-refractivity contribution in [3.8, 4) is 0 Å². The van der Waals surface area contributed by atoms with Crippen molar-refractivity contribution in [2.75, 3.05) is 33.7 Å². The largest absolute Gasteiger partial charge is 0.340 e. The lowest BCUT2D eigenvalue weighted by Gasteiger charge is -2.40. The van der Waals surface area contributed by atoms with Crippen molar-refractivity contribution in [2.24, 2.45) is 17.6 Å². The fourth-order valence-electron chi connectivity index (χ4n) is 5.07. The van der Waals surface area contributed by atoms with Crippen LogP contribution in [0.25, 0.3) is 0 Å². The molecule has 0 spiro atoms. The van der Waals surface area contributed by atoms with Crippen LogP contribution >= 0.6 is 0 Å². The number of benzene rings is 1. The fraction of sp³-hybridized carbons (Fsp3) is 0.619. The summed E-state index contributed by atoms with van der Waals surface area (Å²) < 4.78 is 0. The Morgan fingerprint density at radius 3 is 2.44 bits per heavy atom. The predicted octanol–water partition coefficient (Wildman–Crippen LogP) is 1.99. The van der Waals surface area contributed by atoms with Gasteiger partial charge in [-0.15, -0.1) is 0 Å². The van der Waals surface area contributed by atoms with E-state index in [1.807, 2.05) is 21.9 Å². The molecular weight excluding hydrogens is 340 g/mol. The second-order valence-electron chi connectivity index (χ2n) is 8.77. The molecule has 0 radical (unpaired) electrons. The third-order valence-electron chi connectivity index (χ3n) is 6.76. The monoisotopic (exact) mass is 370 g/mol. The van der Waals surface area contributed by atoms with Gasteiger partial charge in [0.25, 0.3) is 0 Å². The van der Waals surface area contributed by atoms with Gasteiger partial charge in [-0.3, -0.25) is 4.79 Å². The molecule has 1 saturated carbocycles. The number of rotatable bonds is 2. The lowest BCUT2D eigenvalue weighted by atomic mass is 9.76.